The Balaban J connectivity index is 4.03. The molecule has 26 heavy (non-hydrogen) atoms. The lowest BCUT2D eigenvalue weighted by molar-refractivity contribution is 0.213. The number of hydrogen-bond donors (Lipinski definition) is 2. The molecular formula is C24H52N2. The molecule has 0 fully saturated rings. The van der Waals surface area contributed by atoms with Crippen molar-refractivity contribution in [1.82, 2.24) is 10.6 Å². The van der Waals surface area contributed by atoms with E-state index in [9.17, 15) is 0 Å². The Morgan fingerprint density at radius 2 is 0.731 bits per heavy atom. The van der Waals surface area contributed by atoms with Crippen LogP contribution in [-0.4, -0.2) is 18.8 Å². The zero-order valence-electron chi connectivity index (χ0n) is 18.9. The van der Waals surface area contributed by atoms with Gasteiger partial charge in [0.25, 0.3) is 0 Å². The Labute approximate surface area is 166 Å². The number of nitrogens with one attached hydrogen (secondary N) is 2. The van der Waals surface area contributed by atoms with Crippen molar-refractivity contribution in [2.75, 3.05) is 13.1 Å². The molecule has 0 bridgehead atoms. The first kappa shape index (κ1) is 25.9. The maximum absolute atomic E-state index is 3.82. The third-order valence-corrected chi connectivity index (χ3v) is 5.69. The summed E-state index contributed by atoms with van der Waals surface area (Å²) in [5.74, 6) is 0. The maximum atomic E-state index is 3.82. The maximum Gasteiger partial charge on any atom is 0.0687 e. The lowest BCUT2D eigenvalue weighted by atomic mass is 9.93. The van der Waals surface area contributed by atoms with Gasteiger partial charge in [-0.15, -0.1) is 0 Å². The van der Waals surface area contributed by atoms with Crippen LogP contribution in [0.1, 0.15) is 137 Å². The fourth-order valence-electron chi connectivity index (χ4n) is 4.16. The summed E-state index contributed by atoms with van der Waals surface area (Å²) in [5, 5.41) is 7.63. The summed E-state index contributed by atoms with van der Waals surface area (Å²) in [6, 6.07) is 0. The minimum Gasteiger partial charge on any atom is -0.300 e. The number of unbranched alkanes of at least 4 members (excludes halogenated alkanes) is 13. The normalized spacial score (nSPS) is 12.0. The smallest absolute Gasteiger partial charge is 0.0687 e. The van der Waals surface area contributed by atoms with Gasteiger partial charge in [-0.3, -0.25) is 10.6 Å². The van der Waals surface area contributed by atoms with Crippen molar-refractivity contribution in [3.63, 3.8) is 0 Å². The molecule has 158 valence electrons. The van der Waals surface area contributed by atoms with Gasteiger partial charge in [0, 0.05) is 0 Å². The highest BCUT2D eigenvalue weighted by molar-refractivity contribution is 4.84. The van der Waals surface area contributed by atoms with E-state index < -0.39 is 0 Å². The van der Waals surface area contributed by atoms with Gasteiger partial charge in [-0.1, -0.05) is 124 Å². The minimum atomic E-state index is 0.190. The van der Waals surface area contributed by atoms with Gasteiger partial charge in [0.15, 0.2) is 0 Å². The molecule has 0 radical (unpaired) electrons. The molecule has 0 atom stereocenters. The SMILES string of the molecule is CCCCCCCCCCC(CCCCCCCCC)(NCC)NCC. The van der Waals surface area contributed by atoms with Gasteiger partial charge >= 0.3 is 0 Å². The fourth-order valence-corrected chi connectivity index (χ4v) is 4.16. The molecule has 0 amide bonds. The first-order valence-electron chi connectivity index (χ1n) is 12.2. The number of hydrogen-bond acceptors (Lipinski definition) is 2. The van der Waals surface area contributed by atoms with E-state index in [4.69, 9.17) is 0 Å². The third-order valence-electron chi connectivity index (χ3n) is 5.69. The second kappa shape index (κ2) is 19.7. The molecule has 0 unspecified atom stereocenters. The van der Waals surface area contributed by atoms with Crippen LogP contribution < -0.4 is 10.6 Å². The predicted molar refractivity (Wildman–Crippen MR) is 120 cm³/mol. The zero-order chi connectivity index (χ0) is 19.3. The summed E-state index contributed by atoms with van der Waals surface area (Å²) in [7, 11) is 0. The van der Waals surface area contributed by atoms with Crippen molar-refractivity contribution in [2.45, 2.75) is 143 Å². The minimum absolute atomic E-state index is 0.190. The topological polar surface area (TPSA) is 24.1 Å². The van der Waals surface area contributed by atoms with Gasteiger partial charge in [-0.05, 0) is 25.9 Å². The average Bonchev–Trinajstić information content (AvgIpc) is 2.63. The van der Waals surface area contributed by atoms with Crippen LogP contribution in [0.25, 0.3) is 0 Å². The van der Waals surface area contributed by atoms with Gasteiger partial charge in [0.05, 0.1) is 5.66 Å². The molecule has 0 aromatic rings. The lowest BCUT2D eigenvalue weighted by Gasteiger charge is -2.36. The Bertz CT molecular complexity index is 259. The van der Waals surface area contributed by atoms with Gasteiger partial charge in [0.1, 0.15) is 0 Å². The van der Waals surface area contributed by atoms with E-state index in [-0.39, 0.29) is 5.66 Å². The second-order valence-electron chi connectivity index (χ2n) is 8.24. The molecule has 2 nitrogen and oxygen atoms in total. The van der Waals surface area contributed by atoms with Crippen LogP contribution in [0.2, 0.25) is 0 Å². The van der Waals surface area contributed by atoms with Gasteiger partial charge < -0.3 is 0 Å². The summed E-state index contributed by atoms with van der Waals surface area (Å²) >= 11 is 0. The third kappa shape index (κ3) is 15.0. The van der Waals surface area contributed by atoms with E-state index in [2.05, 4.69) is 38.3 Å². The Morgan fingerprint density at radius 1 is 0.423 bits per heavy atom. The predicted octanol–water partition coefficient (Wildman–Crippen LogP) is 7.57. The highest BCUT2D eigenvalue weighted by Gasteiger charge is 2.26. The number of rotatable bonds is 21. The Hall–Kier alpha value is -0.0800. The molecule has 0 aliphatic heterocycles. The van der Waals surface area contributed by atoms with Crippen molar-refractivity contribution in [2.24, 2.45) is 0 Å². The summed E-state index contributed by atoms with van der Waals surface area (Å²) in [6.45, 7) is 11.2. The first-order valence-corrected chi connectivity index (χ1v) is 12.2. The van der Waals surface area contributed by atoms with Crippen LogP contribution >= 0.6 is 0 Å². The summed E-state index contributed by atoms with van der Waals surface area (Å²) < 4.78 is 0. The van der Waals surface area contributed by atoms with Crippen molar-refractivity contribution in [3.05, 3.63) is 0 Å². The quantitative estimate of drug-likeness (QED) is 0.161. The Kier molecular flexibility index (Phi) is 19.6. The molecule has 0 saturated heterocycles. The van der Waals surface area contributed by atoms with Crippen molar-refractivity contribution < 1.29 is 0 Å². The molecule has 0 aliphatic rings. The van der Waals surface area contributed by atoms with Crippen molar-refractivity contribution in [3.8, 4) is 0 Å². The summed E-state index contributed by atoms with van der Waals surface area (Å²) in [4.78, 5) is 0. The van der Waals surface area contributed by atoms with E-state index in [0.717, 1.165) is 13.1 Å². The van der Waals surface area contributed by atoms with Crippen molar-refractivity contribution >= 4 is 0 Å². The fraction of sp³-hybridized carbons (Fsp3) is 1.00. The van der Waals surface area contributed by atoms with Gasteiger partial charge in [0.2, 0.25) is 0 Å². The second-order valence-corrected chi connectivity index (χ2v) is 8.24. The van der Waals surface area contributed by atoms with Crippen LogP contribution in [0.4, 0.5) is 0 Å². The molecule has 0 aliphatic carbocycles. The molecule has 2 heteroatoms. The molecule has 0 aromatic carbocycles. The molecule has 0 heterocycles. The van der Waals surface area contributed by atoms with Crippen LogP contribution in [0, 0.1) is 0 Å². The summed E-state index contributed by atoms with van der Waals surface area (Å²) in [5.41, 5.74) is 0.190. The molecule has 0 spiro atoms. The zero-order valence-corrected chi connectivity index (χ0v) is 18.9. The molecule has 2 N–H and O–H groups in total. The van der Waals surface area contributed by atoms with Crippen LogP contribution in [-0.2, 0) is 0 Å². The standard InChI is InChI=1S/C24H52N2/c1-5-9-11-13-15-17-19-21-23-24(25-7-3,26-8-4)22-20-18-16-14-12-10-6-2/h25-26H,5-23H2,1-4H3. The van der Waals surface area contributed by atoms with E-state index in [1.165, 1.54) is 109 Å². The highest BCUT2D eigenvalue weighted by atomic mass is 15.2. The molecular weight excluding hydrogens is 316 g/mol. The highest BCUT2D eigenvalue weighted by Crippen LogP contribution is 2.21. The van der Waals surface area contributed by atoms with Crippen LogP contribution in [0.3, 0.4) is 0 Å². The largest absolute Gasteiger partial charge is 0.300 e. The average molecular weight is 369 g/mol. The van der Waals surface area contributed by atoms with E-state index in [1.807, 2.05) is 0 Å². The lowest BCUT2D eigenvalue weighted by Crippen LogP contribution is -2.56. The van der Waals surface area contributed by atoms with Gasteiger partial charge in [-0.25, -0.2) is 0 Å². The monoisotopic (exact) mass is 368 g/mol. The van der Waals surface area contributed by atoms with E-state index in [1.54, 1.807) is 0 Å². The van der Waals surface area contributed by atoms with Crippen molar-refractivity contribution in [1.29, 1.82) is 0 Å². The Morgan fingerprint density at radius 3 is 1.04 bits per heavy atom. The molecule has 0 aromatic heterocycles. The summed E-state index contributed by atoms with van der Waals surface area (Å²) in [6.07, 6.45) is 23.7. The van der Waals surface area contributed by atoms with Gasteiger partial charge in [-0.2, -0.15) is 0 Å². The van der Waals surface area contributed by atoms with E-state index in [0.29, 0.717) is 0 Å². The van der Waals surface area contributed by atoms with Crippen LogP contribution in [0.5, 0.6) is 0 Å². The molecule has 0 saturated carbocycles. The van der Waals surface area contributed by atoms with Crippen LogP contribution in [0.15, 0.2) is 0 Å². The molecule has 0 rings (SSSR count). The first-order chi connectivity index (χ1) is 12.7. The van der Waals surface area contributed by atoms with E-state index >= 15 is 0 Å².